The lowest BCUT2D eigenvalue weighted by Gasteiger charge is -2.15. The number of carbonyl (C=O) groups excluding carboxylic acids is 1. The van der Waals surface area contributed by atoms with Gasteiger partial charge < -0.3 is 14.6 Å². The lowest BCUT2D eigenvalue weighted by molar-refractivity contribution is -0.154. The third kappa shape index (κ3) is 36.4. The first-order valence-corrected chi connectivity index (χ1v) is 18.9. The molecular weight excluding hydrogens is 556 g/mol. The van der Waals surface area contributed by atoms with E-state index in [0.29, 0.717) is 13.0 Å². The van der Waals surface area contributed by atoms with Crippen molar-refractivity contribution in [1.82, 2.24) is 0 Å². The molecule has 4 heteroatoms. The highest BCUT2D eigenvalue weighted by Crippen LogP contribution is 2.13. The van der Waals surface area contributed by atoms with E-state index in [1.807, 2.05) is 0 Å². The summed E-state index contributed by atoms with van der Waals surface area (Å²) in [5, 5.41) is 9.56. The second-order valence-corrected chi connectivity index (χ2v) is 12.3. The molecule has 0 saturated heterocycles. The highest BCUT2D eigenvalue weighted by atomic mass is 16.6. The molecule has 45 heavy (non-hydrogen) atoms. The first-order valence-electron chi connectivity index (χ1n) is 18.9. The van der Waals surface area contributed by atoms with Crippen molar-refractivity contribution in [1.29, 1.82) is 0 Å². The maximum atomic E-state index is 12.1. The number of rotatable bonds is 34. The van der Waals surface area contributed by atoms with Crippen molar-refractivity contribution in [2.45, 2.75) is 174 Å². The molecule has 0 spiro atoms. The van der Waals surface area contributed by atoms with Gasteiger partial charge in [-0.25, -0.2) is 0 Å². The van der Waals surface area contributed by atoms with Crippen LogP contribution in [0.3, 0.4) is 0 Å². The van der Waals surface area contributed by atoms with E-state index in [-0.39, 0.29) is 19.2 Å². The molecule has 0 aromatic carbocycles. The summed E-state index contributed by atoms with van der Waals surface area (Å²) >= 11 is 0. The van der Waals surface area contributed by atoms with E-state index in [4.69, 9.17) is 9.47 Å². The summed E-state index contributed by atoms with van der Waals surface area (Å²) in [4.78, 5) is 12.1. The molecule has 1 N–H and O–H groups in total. The Labute approximate surface area is 279 Å². The summed E-state index contributed by atoms with van der Waals surface area (Å²) in [6.07, 6.45) is 49.8. The molecule has 0 aliphatic heterocycles. The van der Waals surface area contributed by atoms with Crippen molar-refractivity contribution in [2.75, 3.05) is 19.8 Å². The largest absolute Gasteiger partial charge is 0.457 e. The topological polar surface area (TPSA) is 55.8 Å². The number of carbonyl (C=O) groups is 1. The van der Waals surface area contributed by atoms with Gasteiger partial charge in [0, 0.05) is 13.0 Å². The van der Waals surface area contributed by atoms with E-state index in [0.717, 1.165) is 64.2 Å². The number of aliphatic hydroxyl groups is 1. The molecule has 0 radical (unpaired) electrons. The zero-order valence-electron chi connectivity index (χ0n) is 29.6. The lowest BCUT2D eigenvalue weighted by Crippen LogP contribution is -2.27. The fraction of sp³-hybridized carbons (Fsp3) is 0.732. The third-order valence-electron chi connectivity index (χ3n) is 7.86. The van der Waals surface area contributed by atoms with Gasteiger partial charge in [0.1, 0.15) is 6.10 Å². The van der Waals surface area contributed by atoms with Gasteiger partial charge in [-0.1, -0.05) is 164 Å². The Kier molecular flexibility index (Phi) is 36.6. The Morgan fingerprint density at radius 2 is 1.00 bits per heavy atom. The lowest BCUT2D eigenvalue weighted by atomic mass is 10.0. The third-order valence-corrected chi connectivity index (χ3v) is 7.86. The molecule has 1 atom stereocenters. The minimum atomic E-state index is -0.546. The smallest absolute Gasteiger partial charge is 0.306 e. The maximum Gasteiger partial charge on any atom is 0.306 e. The molecule has 0 heterocycles. The first-order chi connectivity index (χ1) is 22.2. The summed E-state index contributed by atoms with van der Waals surface area (Å²) in [5.41, 5.74) is 0. The van der Waals surface area contributed by atoms with Gasteiger partial charge >= 0.3 is 5.97 Å². The van der Waals surface area contributed by atoms with Gasteiger partial charge in [0.05, 0.1) is 13.2 Å². The van der Waals surface area contributed by atoms with E-state index < -0.39 is 6.10 Å². The molecule has 0 rings (SSSR count). The molecule has 0 aliphatic rings. The maximum absolute atomic E-state index is 12.1. The van der Waals surface area contributed by atoms with Crippen LogP contribution < -0.4 is 0 Å². The average Bonchev–Trinajstić information content (AvgIpc) is 3.05. The molecule has 0 aliphatic carbocycles. The van der Waals surface area contributed by atoms with Crippen molar-refractivity contribution in [3.05, 3.63) is 60.8 Å². The standard InChI is InChI=1S/C41H72O4/c1-3-5-7-9-11-13-15-17-18-19-20-21-22-23-25-27-29-31-33-35-37-44-39-40(38-42)45-41(43)36-34-32-30-28-26-24-16-14-12-10-8-6-4-2/h5,7,11,13,17-18,20-21,23,25,40,42H,3-4,6,8-10,12,14-16,19,22,24,26-39H2,1-2H3/b7-5-,13-11-,18-17-,21-20-,25-23-. The quantitative estimate of drug-likeness (QED) is 0.0437. The van der Waals surface area contributed by atoms with Crippen molar-refractivity contribution in [3.63, 3.8) is 0 Å². The number of aliphatic hydroxyl groups excluding tert-OH is 1. The van der Waals surface area contributed by atoms with Crippen LogP contribution in [-0.2, 0) is 14.3 Å². The second kappa shape index (κ2) is 38.3. The molecule has 260 valence electrons. The van der Waals surface area contributed by atoms with E-state index in [9.17, 15) is 9.90 Å². The van der Waals surface area contributed by atoms with Crippen molar-refractivity contribution in [2.24, 2.45) is 0 Å². The molecule has 0 aromatic heterocycles. The number of unbranched alkanes of at least 4 members (excludes halogenated alkanes) is 16. The Morgan fingerprint density at radius 1 is 0.556 bits per heavy atom. The molecule has 0 aromatic rings. The van der Waals surface area contributed by atoms with Crippen molar-refractivity contribution < 1.29 is 19.4 Å². The number of ether oxygens (including phenoxy) is 2. The van der Waals surface area contributed by atoms with Crippen LogP contribution in [0.25, 0.3) is 0 Å². The van der Waals surface area contributed by atoms with Crippen LogP contribution in [0.1, 0.15) is 168 Å². The van der Waals surface area contributed by atoms with Gasteiger partial charge in [-0.2, -0.15) is 0 Å². The summed E-state index contributed by atoms with van der Waals surface area (Å²) in [6.45, 7) is 5.17. The highest BCUT2D eigenvalue weighted by Gasteiger charge is 2.13. The monoisotopic (exact) mass is 629 g/mol. The summed E-state index contributed by atoms with van der Waals surface area (Å²) < 4.78 is 11.1. The number of esters is 1. The summed E-state index contributed by atoms with van der Waals surface area (Å²) in [7, 11) is 0. The fourth-order valence-electron chi connectivity index (χ4n) is 5.06. The zero-order chi connectivity index (χ0) is 32.7. The molecule has 0 saturated carbocycles. The van der Waals surface area contributed by atoms with Gasteiger partial charge in [0.2, 0.25) is 0 Å². The Morgan fingerprint density at radius 3 is 1.51 bits per heavy atom. The number of hydrogen-bond donors (Lipinski definition) is 1. The van der Waals surface area contributed by atoms with Gasteiger partial charge in [0.25, 0.3) is 0 Å². The molecule has 4 nitrogen and oxygen atoms in total. The van der Waals surface area contributed by atoms with Crippen molar-refractivity contribution >= 4 is 5.97 Å². The van der Waals surface area contributed by atoms with Crippen LogP contribution in [0.5, 0.6) is 0 Å². The van der Waals surface area contributed by atoms with Crippen LogP contribution >= 0.6 is 0 Å². The molecule has 0 fully saturated rings. The molecule has 0 bridgehead atoms. The number of hydrogen-bond acceptors (Lipinski definition) is 4. The second-order valence-electron chi connectivity index (χ2n) is 12.3. The van der Waals surface area contributed by atoms with Crippen LogP contribution in [-0.4, -0.2) is 37.0 Å². The van der Waals surface area contributed by atoms with Crippen LogP contribution in [0, 0.1) is 0 Å². The van der Waals surface area contributed by atoms with Gasteiger partial charge in [-0.3, -0.25) is 4.79 Å². The van der Waals surface area contributed by atoms with Crippen LogP contribution in [0.2, 0.25) is 0 Å². The minimum Gasteiger partial charge on any atom is -0.457 e. The average molecular weight is 629 g/mol. The Hall–Kier alpha value is -1.91. The van der Waals surface area contributed by atoms with Gasteiger partial charge in [0.15, 0.2) is 0 Å². The Bertz CT molecular complexity index is 749. The molecule has 1 unspecified atom stereocenters. The normalized spacial score (nSPS) is 13.0. The minimum absolute atomic E-state index is 0.183. The van der Waals surface area contributed by atoms with E-state index in [2.05, 4.69) is 74.6 Å². The predicted octanol–water partition coefficient (Wildman–Crippen LogP) is 12.1. The van der Waals surface area contributed by atoms with Gasteiger partial charge in [-0.15, -0.1) is 0 Å². The molecular formula is C41H72O4. The summed E-state index contributed by atoms with van der Waals surface area (Å²) in [5.74, 6) is -0.212. The predicted molar refractivity (Wildman–Crippen MR) is 196 cm³/mol. The molecule has 0 amide bonds. The van der Waals surface area contributed by atoms with E-state index in [1.54, 1.807) is 0 Å². The van der Waals surface area contributed by atoms with Gasteiger partial charge in [-0.05, 0) is 57.8 Å². The first kappa shape index (κ1) is 43.1. The van der Waals surface area contributed by atoms with Crippen LogP contribution in [0.4, 0.5) is 0 Å². The highest BCUT2D eigenvalue weighted by molar-refractivity contribution is 5.69. The van der Waals surface area contributed by atoms with Crippen LogP contribution in [0.15, 0.2) is 60.8 Å². The van der Waals surface area contributed by atoms with E-state index in [1.165, 1.54) is 83.5 Å². The van der Waals surface area contributed by atoms with E-state index >= 15 is 0 Å². The summed E-state index contributed by atoms with van der Waals surface area (Å²) in [6, 6.07) is 0. The SMILES string of the molecule is CC/C=C\C/C=C\C/C=C\C/C=C\C/C=C\CCCCCCOCC(CO)OC(=O)CCCCCCCCCCCCCCC. The Balaban J connectivity index is 3.52. The fourth-order valence-corrected chi connectivity index (χ4v) is 5.06. The number of allylic oxidation sites excluding steroid dienone is 10. The zero-order valence-corrected chi connectivity index (χ0v) is 29.6. The van der Waals surface area contributed by atoms with Crippen molar-refractivity contribution in [3.8, 4) is 0 Å².